The van der Waals surface area contributed by atoms with Gasteiger partial charge in [0.2, 0.25) is 0 Å². The molecular weight excluding hydrogens is 378 g/mol. The number of hydrogen-bond acceptors (Lipinski definition) is 4. The van der Waals surface area contributed by atoms with E-state index in [2.05, 4.69) is 0 Å². The maximum atomic E-state index is 13.6. The zero-order valence-corrected chi connectivity index (χ0v) is 17.0. The summed E-state index contributed by atoms with van der Waals surface area (Å²) in [5.74, 6) is -0.825. The zero-order valence-electron chi connectivity index (χ0n) is 16.3. The van der Waals surface area contributed by atoms with E-state index in [1.54, 1.807) is 31.2 Å². The van der Waals surface area contributed by atoms with Gasteiger partial charge in [-0.3, -0.25) is 4.79 Å². The maximum Gasteiger partial charge on any atom is 0.354 e. The van der Waals surface area contributed by atoms with E-state index in [9.17, 15) is 14.4 Å². The molecule has 1 saturated heterocycles. The van der Waals surface area contributed by atoms with E-state index in [1.165, 1.54) is 0 Å². The lowest BCUT2D eigenvalue weighted by atomic mass is 9.66. The lowest BCUT2D eigenvalue weighted by Crippen LogP contribution is -2.82. The van der Waals surface area contributed by atoms with Crippen molar-refractivity contribution in [3.8, 4) is 0 Å². The molecule has 1 fully saturated rings. The summed E-state index contributed by atoms with van der Waals surface area (Å²) in [6.45, 7) is 5.97. The smallest absolute Gasteiger partial charge is 0.354 e. The van der Waals surface area contributed by atoms with E-state index in [-0.39, 0.29) is 35.4 Å². The average molecular weight is 401 g/mol. The Morgan fingerprint density at radius 1 is 1.18 bits per heavy atom. The number of rotatable bonds is 4. The van der Waals surface area contributed by atoms with Crippen LogP contribution in [0.5, 0.6) is 0 Å². The predicted molar refractivity (Wildman–Crippen MR) is 106 cm³/mol. The fourth-order valence-corrected chi connectivity index (χ4v) is 5.31. The number of ether oxygens (including phenoxy) is 1. The predicted octanol–water partition coefficient (Wildman–Crippen LogP) is 4.36. The molecule has 2 aliphatic rings. The van der Waals surface area contributed by atoms with Gasteiger partial charge in [0.05, 0.1) is 17.7 Å². The van der Waals surface area contributed by atoms with Crippen molar-refractivity contribution < 1.29 is 23.6 Å². The number of halogens is 1. The number of benzene rings is 2. The van der Waals surface area contributed by atoms with Gasteiger partial charge in [0.25, 0.3) is 0 Å². The first kappa shape index (κ1) is 19.1. The Balaban J connectivity index is 1.90. The van der Waals surface area contributed by atoms with Gasteiger partial charge in [0, 0.05) is 22.2 Å². The average Bonchev–Trinajstić information content (AvgIpc) is 2.68. The van der Waals surface area contributed by atoms with Crippen molar-refractivity contribution in [2.75, 3.05) is 13.2 Å². The first-order valence-electron chi connectivity index (χ1n) is 9.69. The molecule has 4 rings (SSSR count). The molecule has 2 amide bonds. The number of carbonyl (C=O) groups is 3. The van der Waals surface area contributed by atoms with Gasteiger partial charge in [0.1, 0.15) is 12.6 Å². The summed E-state index contributed by atoms with van der Waals surface area (Å²) in [6, 6.07) is 8.33. The van der Waals surface area contributed by atoms with Crippen LogP contribution < -0.4 is 0 Å². The highest BCUT2D eigenvalue weighted by Crippen LogP contribution is 2.52. The summed E-state index contributed by atoms with van der Waals surface area (Å²) in [6.07, 6.45) is 1.35. The Hall–Kier alpha value is -2.24. The van der Waals surface area contributed by atoms with E-state index in [0.29, 0.717) is 33.3 Å². The number of hydrogen-bond donors (Lipinski definition) is 0. The quantitative estimate of drug-likeness (QED) is 0.434. The van der Waals surface area contributed by atoms with Crippen LogP contribution in [0, 0.1) is 5.41 Å². The molecular formula is C22H23ClNO4+. The minimum atomic E-state index is -0.852. The van der Waals surface area contributed by atoms with Crippen LogP contribution in [0.15, 0.2) is 30.3 Å². The number of amides is 2. The molecule has 28 heavy (non-hydrogen) atoms. The van der Waals surface area contributed by atoms with Gasteiger partial charge >= 0.3 is 17.8 Å². The van der Waals surface area contributed by atoms with E-state index in [0.717, 1.165) is 6.42 Å². The minimum Gasteiger partial charge on any atom is -0.465 e. The largest absolute Gasteiger partial charge is 0.465 e. The topological polar surface area (TPSA) is 60.4 Å². The van der Waals surface area contributed by atoms with Gasteiger partial charge in [-0.1, -0.05) is 37.1 Å². The molecule has 0 bridgehead atoms. The van der Waals surface area contributed by atoms with E-state index < -0.39 is 11.5 Å². The first-order chi connectivity index (χ1) is 13.3. The van der Waals surface area contributed by atoms with Crippen molar-refractivity contribution in [2.45, 2.75) is 39.7 Å². The molecule has 0 aliphatic carbocycles. The summed E-state index contributed by atoms with van der Waals surface area (Å²) >= 11 is 6.31. The Morgan fingerprint density at radius 3 is 2.50 bits per heavy atom. The van der Waals surface area contributed by atoms with Crippen molar-refractivity contribution in [3.63, 3.8) is 0 Å². The fraction of sp³-hybridized carbons (Fsp3) is 0.409. The Kier molecular flexibility index (Phi) is 4.36. The second kappa shape index (κ2) is 6.39. The number of carbonyl (C=O) groups excluding carboxylic acids is 3. The molecule has 2 aromatic carbocycles. The maximum absolute atomic E-state index is 13.6. The number of quaternary nitrogens is 1. The van der Waals surface area contributed by atoms with Crippen LogP contribution in [0.2, 0.25) is 5.02 Å². The second-order valence-electron chi connectivity index (χ2n) is 7.90. The summed E-state index contributed by atoms with van der Waals surface area (Å²) in [7, 11) is 0. The molecule has 2 heterocycles. The number of esters is 1. The molecule has 3 unspecified atom stereocenters. The highest BCUT2D eigenvalue weighted by atomic mass is 35.5. The third-order valence-corrected chi connectivity index (χ3v) is 6.65. The number of nitrogens with zero attached hydrogens (tertiary/aromatic N) is 1. The molecule has 3 atom stereocenters. The fourth-order valence-electron chi connectivity index (χ4n) is 5.09. The Bertz CT molecular complexity index is 1010. The lowest BCUT2D eigenvalue weighted by Gasteiger charge is -2.58. The Labute approximate surface area is 168 Å². The standard InChI is InChI=1S/C22H23ClNO4/c1-4-7-17-22(3,21(27)28-5-2)12-24(17)19(25)14-9-6-8-13-16(23)11-10-15(18(13)14)20(24)26/h6,8-11,17H,4-5,7,12H2,1-3H3/q+1. The van der Waals surface area contributed by atoms with Crippen LogP contribution in [0.4, 0.5) is 0 Å². The van der Waals surface area contributed by atoms with Crippen LogP contribution >= 0.6 is 11.6 Å². The summed E-state index contributed by atoms with van der Waals surface area (Å²) in [5, 5.41) is 1.84. The van der Waals surface area contributed by atoms with Crippen molar-refractivity contribution in [1.29, 1.82) is 0 Å². The molecule has 0 N–H and O–H groups in total. The van der Waals surface area contributed by atoms with Crippen molar-refractivity contribution >= 4 is 40.2 Å². The van der Waals surface area contributed by atoms with Crippen LogP contribution in [0.1, 0.15) is 54.3 Å². The number of imide groups is 1. The van der Waals surface area contributed by atoms with Crippen LogP contribution in [-0.2, 0) is 9.53 Å². The highest BCUT2D eigenvalue weighted by Gasteiger charge is 2.74. The third-order valence-electron chi connectivity index (χ3n) is 6.32. The van der Waals surface area contributed by atoms with Gasteiger partial charge in [-0.2, -0.15) is 4.48 Å². The summed E-state index contributed by atoms with van der Waals surface area (Å²) < 4.78 is 4.95. The van der Waals surface area contributed by atoms with Crippen molar-refractivity contribution in [3.05, 3.63) is 46.5 Å². The molecule has 5 nitrogen and oxygen atoms in total. The molecule has 0 saturated carbocycles. The van der Waals surface area contributed by atoms with Crippen LogP contribution in [-0.4, -0.2) is 41.5 Å². The van der Waals surface area contributed by atoms with E-state index >= 15 is 0 Å². The third kappa shape index (κ3) is 2.20. The molecule has 0 radical (unpaired) electrons. The summed E-state index contributed by atoms with van der Waals surface area (Å²) in [5.41, 5.74) is 0.151. The molecule has 2 aliphatic heterocycles. The van der Waals surface area contributed by atoms with Gasteiger partial charge in [0.15, 0.2) is 5.41 Å². The van der Waals surface area contributed by atoms with Gasteiger partial charge < -0.3 is 4.74 Å². The van der Waals surface area contributed by atoms with Gasteiger partial charge in [-0.15, -0.1) is 0 Å². The van der Waals surface area contributed by atoms with Crippen LogP contribution in [0.3, 0.4) is 0 Å². The van der Waals surface area contributed by atoms with E-state index in [4.69, 9.17) is 16.3 Å². The monoisotopic (exact) mass is 400 g/mol. The van der Waals surface area contributed by atoms with Crippen LogP contribution in [0.25, 0.3) is 10.8 Å². The van der Waals surface area contributed by atoms with Crippen molar-refractivity contribution in [2.24, 2.45) is 5.41 Å². The summed E-state index contributed by atoms with van der Waals surface area (Å²) in [4.78, 5) is 40.0. The zero-order chi connectivity index (χ0) is 20.3. The minimum absolute atomic E-state index is 0.132. The molecule has 1 spiro atoms. The lowest BCUT2D eigenvalue weighted by molar-refractivity contribution is -0.863. The molecule has 146 valence electrons. The first-order valence-corrected chi connectivity index (χ1v) is 10.1. The van der Waals surface area contributed by atoms with Crippen molar-refractivity contribution in [1.82, 2.24) is 0 Å². The van der Waals surface area contributed by atoms with E-state index in [1.807, 2.05) is 19.9 Å². The van der Waals surface area contributed by atoms with Gasteiger partial charge in [-0.05, 0) is 32.0 Å². The second-order valence-corrected chi connectivity index (χ2v) is 8.31. The molecule has 0 aromatic heterocycles. The Morgan fingerprint density at radius 2 is 1.86 bits per heavy atom. The highest BCUT2D eigenvalue weighted by molar-refractivity contribution is 6.37. The SMILES string of the molecule is CCCC1C(C)(C(=O)OCC)C[N+]12C(=O)c1cccc3c(Cl)ccc(c13)C2=O. The normalized spacial score (nSPS) is 28.5. The molecule has 6 heteroatoms. The molecule has 2 aromatic rings. The van der Waals surface area contributed by atoms with Gasteiger partial charge in [-0.25, -0.2) is 9.59 Å².